The van der Waals surface area contributed by atoms with Crippen LogP contribution in [0.25, 0.3) is 0 Å². The SMILES string of the molecule is [2H]C([2H])(OC(=O)CCCCCCCCCCCCCCCC)[C@@]([2H])(O)C([2H])([2H])OP(=O)(O)OCCN. The van der Waals surface area contributed by atoms with E-state index in [1.165, 1.54) is 57.8 Å². The summed E-state index contributed by atoms with van der Waals surface area (Å²) in [6.07, 6.45) is 11.7. The van der Waals surface area contributed by atoms with Crippen molar-refractivity contribution in [1.82, 2.24) is 0 Å². The van der Waals surface area contributed by atoms with Gasteiger partial charge < -0.3 is 20.5 Å². The van der Waals surface area contributed by atoms with E-state index in [1.807, 2.05) is 0 Å². The molecule has 4 N–H and O–H groups in total. The lowest BCUT2D eigenvalue weighted by atomic mass is 10.0. The summed E-state index contributed by atoms with van der Waals surface area (Å²) in [5, 5.41) is 10.1. The van der Waals surface area contributed by atoms with Crippen LogP contribution in [0.3, 0.4) is 0 Å². The normalized spacial score (nSPS) is 18.6. The average molecular weight is 473 g/mol. The molecule has 8 nitrogen and oxygen atoms in total. The van der Waals surface area contributed by atoms with Crippen molar-refractivity contribution in [3.63, 3.8) is 0 Å². The van der Waals surface area contributed by atoms with Crippen molar-refractivity contribution in [2.24, 2.45) is 5.73 Å². The zero-order valence-electron chi connectivity index (χ0n) is 24.0. The van der Waals surface area contributed by atoms with E-state index in [9.17, 15) is 19.4 Å². The molecular weight excluding hydrogens is 421 g/mol. The first-order valence-corrected chi connectivity index (χ1v) is 13.0. The van der Waals surface area contributed by atoms with Gasteiger partial charge in [-0.3, -0.25) is 13.8 Å². The van der Waals surface area contributed by atoms with Crippen LogP contribution in [0.2, 0.25) is 0 Å². The van der Waals surface area contributed by atoms with Gasteiger partial charge in [-0.05, 0) is 6.42 Å². The van der Waals surface area contributed by atoms with Crippen LogP contribution >= 0.6 is 7.82 Å². The number of unbranched alkanes of at least 4 members (excludes halogenated alkanes) is 13. The summed E-state index contributed by atoms with van der Waals surface area (Å²) < 4.78 is 62.9. The van der Waals surface area contributed by atoms with Crippen LogP contribution in [0.15, 0.2) is 0 Å². The van der Waals surface area contributed by atoms with Crippen molar-refractivity contribution in [3.05, 3.63) is 0 Å². The monoisotopic (exact) mass is 472 g/mol. The molecule has 0 aliphatic rings. The molecule has 0 aromatic rings. The van der Waals surface area contributed by atoms with Crippen LogP contribution in [0.4, 0.5) is 0 Å². The van der Waals surface area contributed by atoms with E-state index >= 15 is 0 Å². The van der Waals surface area contributed by atoms with Gasteiger partial charge in [-0.15, -0.1) is 0 Å². The third-order valence-electron chi connectivity index (χ3n) is 4.63. The number of phosphoric acid groups is 1. The minimum Gasteiger partial charge on any atom is -0.463 e. The van der Waals surface area contributed by atoms with E-state index < -0.39 is 39.6 Å². The fraction of sp³-hybridized carbons (Fsp3) is 0.955. The van der Waals surface area contributed by atoms with Gasteiger partial charge in [0.25, 0.3) is 0 Å². The number of phosphoric ester groups is 1. The number of esters is 1. The van der Waals surface area contributed by atoms with Gasteiger partial charge in [-0.25, -0.2) is 4.57 Å². The largest absolute Gasteiger partial charge is 0.472 e. The van der Waals surface area contributed by atoms with E-state index in [4.69, 9.17) is 12.6 Å². The van der Waals surface area contributed by atoms with Crippen LogP contribution in [0.5, 0.6) is 0 Å². The molecule has 186 valence electrons. The number of nitrogens with two attached hydrogens (primary N) is 1. The van der Waals surface area contributed by atoms with Crippen molar-refractivity contribution in [2.75, 3.05) is 26.3 Å². The molecule has 0 radical (unpaired) electrons. The minimum atomic E-state index is -5.12. The maximum absolute atomic E-state index is 12.0. The molecule has 0 saturated heterocycles. The van der Waals surface area contributed by atoms with Gasteiger partial charge in [-0.2, -0.15) is 0 Å². The first-order chi connectivity index (χ1) is 16.7. The number of hydrogen-bond donors (Lipinski definition) is 3. The summed E-state index contributed by atoms with van der Waals surface area (Å²) in [6.45, 7) is -5.82. The van der Waals surface area contributed by atoms with Crippen LogP contribution in [0.1, 0.15) is 110 Å². The second-order valence-corrected chi connectivity index (χ2v) is 8.93. The lowest BCUT2D eigenvalue weighted by Gasteiger charge is -2.15. The van der Waals surface area contributed by atoms with Gasteiger partial charge in [0.1, 0.15) is 12.6 Å². The molecule has 0 aliphatic carbocycles. The van der Waals surface area contributed by atoms with E-state index in [-0.39, 0.29) is 13.0 Å². The van der Waals surface area contributed by atoms with Crippen molar-refractivity contribution >= 4 is 13.8 Å². The van der Waals surface area contributed by atoms with Gasteiger partial charge in [0.15, 0.2) is 0 Å². The lowest BCUT2D eigenvalue weighted by Crippen LogP contribution is -2.23. The molecule has 9 heteroatoms. The molecule has 0 aromatic carbocycles. The molecule has 2 atom stereocenters. The third kappa shape index (κ3) is 22.5. The molecule has 0 bridgehead atoms. The molecule has 31 heavy (non-hydrogen) atoms. The molecule has 0 spiro atoms. The second kappa shape index (κ2) is 21.4. The highest BCUT2D eigenvalue weighted by Crippen LogP contribution is 2.42. The summed E-state index contributed by atoms with van der Waals surface area (Å²) in [4.78, 5) is 21.5. The van der Waals surface area contributed by atoms with Crippen LogP contribution < -0.4 is 5.73 Å². The molecule has 0 aromatic heterocycles. The van der Waals surface area contributed by atoms with Crippen molar-refractivity contribution in [1.29, 1.82) is 0 Å². The Bertz CT molecular complexity index is 656. The van der Waals surface area contributed by atoms with Crippen molar-refractivity contribution in [2.45, 2.75) is 109 Å². The maximum atomic E-state index is 12.0. The predicted molar refractivity (Wildman–Crippen MR) is 123 cm³/mol. The van der Waals surface area contributed by atoms with Crippen LogP contribution in [0, 0.1) is 0 Å². The number of rotatable bonds is 23. The first kappa shape index (κ1) is 22.3. The fourth-order valence-electron chi connectivity index (χ4n) is 2.94. The number of hydrogen-bond acceptors (Lipinski definition) is 7. The Labute approximate surface area is 195 Å². The van der Waals surface area contributed by atoms with E-state index in [0.717, 1.165) is 25.7 Å². The highest BCUT2D eigenvalue weighted by molar-refractivity contribution is 7.47. The van der Waals surface area contributed by atoms with E-state index in [0.29, 0.717) is 6.42 Å². The van der Waals surface area contributed by atoms with Gasteiger partial charge in [0.05, 0.1) is 20.0 Å². The molecule has 0 saturated carbocycles. The Kier molecular flexibility index (Phi) is 15.4. The predicted octanol–water partition coefficient (Wildman–Crippen LogP) is 4.85. The van der Waals surface area contributed by atoms with Gasteiger partial charge >= 0.3 is 13.8 Å². The van der Waals surface area contributed by atoms with Gasteiger partial charge in [0.2, 0.25) is 0 Å². The van der Waals surface area contributed by atoms with Gasteiger partial charge in [0, 0.05) is 13.0 Å². The van der Waals surface area contributed by atoms with Gasteiger partial charge in [-0.1, -0.05) is 90.4 Å². The van der Waals surface area contributed by atoms with Crippen molar-refractivity contribution < 1.29 is 40.0 Å². The summed E-state index contributed by atoms with van der Waals surface area (Å²) in [5.41, 5.74) is 5.11. The summed E-state index contributed by atoms with van der Waals surface area (Å²) in [6, 6.07) is 0. The Morgan fingerprint density at radius 1 is 0.935 bits per heavy atom. The standard InChI is InChI=1S/C22H46NO7P/c1-2-3-4-5-6-7-8-9-10-11-12-13-14-15-16-22(25)28-19-21(24)20-30-31(26,27)29-18-17-23/h21,24H,2-20,23H2,1H3,(H,26,27)/t21-/m1/s1/i19D2,20D2,21D. The minimum absolute atomic E-state index is 0.185. The zero-order chi connectivity index (χ0) is 27.7. The Balaban J connectivity index is 4.21. The second-order valence-electron chi connectivity index (χ2n) is 7.55. The Hall–Kier alpha value is -0.500. The Morgan fingerprint density at radius 2 is 1.42 bits per heavy atom. The first-order valence-electron chi connectivity index (χ1n) is 14.0. The third-order valence-corrected chi connectivity index (χ3v) is 5.46. The maximum Gasteiger partial charge on any atom is 0.472 e. The summed E-state index contributed by atoms with van der Waals surface area (Å²) in [7, 11) is -5.12. The molecule has 0 amide bonds. The number of aliphatic hydroxyl groups is 1. The molecule has 0 fully saturated rings. The molecule has 1 unspecified atom stereocenters. The summed E-state index contributed by atoms with van der Waals surface area (Å²) in [5.74, 6) is -1.08. The zero-order valence-corrected chi connectivity index (χ0v) is 19.9. The van der Waals surface area contributed by atoms with E-state index in [1.54, 1.807) is 0 Å². The number of carbonyl (C=O) groups is 1. The topological polar surface area (TPSA) is 128 Å². The van der Waals surface area contributed by atoms with Crippen LogP contribution in [-0.4, -0.2) is 48.3 Å². The number of carbonyl (C=O) groups excluding carboxylic acids is 1. The molecule has 0 rings (SSSR count). The van der Waals surface area contributed by atoms with Crippen molar-refractivity contribution in [3.8, 4) is 0 Å². The highest BCUT2D eigenvalue weighted by atomic mass is 31.2. The van der Waals surface area contributed by atoms with Crippen LogP contribution in [-0.2, 0) is 23.1 Å². The highest BCUT2D eigenvalue weighted by Gasteiger charge is 2.22. The average Bonchev–Trinajstić information content (AvgIpc) is 2.76. The summed E-state index contributed by atoms with van der Waals surface area (Å²) >= 11 is 0. The Morgan fingerprint density at radius 3 is 1.90 bits per heavy atom. The fourth-order valence-corrected chi connectivity index (χ4v) is 3.53. The molecule has 0 heterocycles. The molecular formula is C22H46NO7P. The lowest BCUT2D eigenvalue weighted by molar-refractivity contribution is -0.147. The molecule has 0 aliphatic heterocycles. The smallest absolute Gasteiger partial charge is 0.463 e. The van der Waals surface area contributed by atoms with E-state index in [2.05, 4.69) is 20.7 Å². The number of ether oxygens (including phenoxy) is 1. The quantitative estimate of drug-likeness (QED) is 0.109.